The Kier molecular flexibility index (Phi) is 3.86. The maximum Gasteiger partial charge on any atom is 0.335 e. The summed E-state index contributed by atoms with van der Waals surface area (Å²) in [5, 5.41) is 20.3. The zero-order chi connectivity index (χ0) is 16.4. The zero-order valence-corrected chi connectivity index (χ0v) is 12.5. The van der Waals surface area contributed by atoms with Crippen molar-refractivity contribution in [2.24, 2.45) is 0 Å². The van der Waals surface area contributed by atoms with Gasteiger partial charge in [0.2, 0.25) is 0 Å². The second kappa shape index (κ2) is 5.98. The average Bonchev–Trinajstić information content (AvgIpc) is 2.95. The summed E-state index contributed by atoms with van der Waals surface area (Å²) in [6.07, 6.45) is 3.62. The topological polar surface area (TPSA) is 93.3 Å². The standard InChI is InChI=1S/C16H10N2O4S/c19-16(20)11-4-1-10(2-5-11)3-8-15-17-13-7-6-12(18(21)22)9-14(13)23-15/h1-9H,(H,19,20). The van der Waals surface area contributed by atoms with Crippen LogP contribution in [0.4, 0.5) is 5.69 Å². The van der Waals surface area contributed by atoms with Gasteiger partial charge in [-0.3, -0.25) is 10.1 Å². The molecule has 2 aromatic carbocycles. The van der Waals surface area contributed by atoms with Crippen LogP contribution in [0.5, 0.6) is 0 Å². The van der Waals surface area contributed by atoms with Crippen LogP contribution in [-0.2, 0) is 0 Å². The summed E-state index contributed by atoms with van der Waals surface area (Å²) in [4.78, 5) is 25.5. The van der Waals surface area contributed by atoms with Gasteiger partial charge in [-0.05, 0) is 29.8 Å². The Balaban J connectivity index is 1.85. The minimum absolute atomic E-state index is 0.0425. The summed E-state index contributed by atoms with van der Waals surface area (Å²) < 4.78 is 0.750. The van der Waals surface area contributed by atoms with E-state index in [1.165, 1.54) is 35.6 Å². The number of aromatic carboxylic acids is 1. The minimum atomic E-state index is -0.965. The van der Waals surface area contributed by atoms with Crippen LogP contribution in [0.3, 0.4) is 0 Å². The van der Waals surface area contributed by atoms with Crippen molar-refractivity contribution in [2.75, 3.05) is 0 Å². The molecule has 6 nitrogen and oxygen atoms in total. The van der Waals surface area contributed by atoms with Crippen molar-refractivity contribution < 1.29 is 14.8 Å². The SMILES string of the molecule is O=C(O)c1ccc(C=Cc2nc3ccc([N+](=O)[O-])cc3s2)cc1. The number of thiazole rings is 1. The molecule has 0 aliphatic rings. The van der Waals surface area contributed by atoms with Crippen molar-refractivity contribution >= 4 is 45.4 Å². The highest BCUT2D eigenvalue weighted by atomic mass is 32.1. The molecule has 0 bridgehead atoms. The number of benzene rings is 2. The minimum Gasteiger partial charge on any atom is -0.478 e. The maximum atomic E-state index is 10.8. The van der Waals surface area contributed by atoms with Crippen molar-refractivity contribution in [2.45, 2.75) is 0 Å². The Bertz CT molecular complexity index is 929. The van der Waals surface area contributed by atoms with E-state index in [-0.39, 0.29) is 11.3 Å². The van der Waals surface area contributed by atoms with Crippen LogP contribution in [0.2, 0.25) is 0 Å². The Morgan fingerprint density at radius 1 is 1.17 bits per heavy atom. The fraction of sp³-hybridized carbons (Fsp3) is 0. The van der Waals surface area contributed by atoms with Gasteiger partial charge in [0, 0.05) is 12.1 Å². The van der Waals surface area contributed by atoms with Gasteiger partial charge in [-0.15, -0.1) is 11.3 Å². The predicted molar refractivity (Wildman–Crippen MR) is 88.6 cm³/mol. The van der Waals surface area contributed by atoms with Gasteiger partial charge in [0.25, 0.3) is 5.69 Å². The highest BCUT2D eigenvalue weighted by Gasteiger charge is 2.09. The largest absolute Gasteiger partial charge is 0.478 e. The summed E-state index contributed by atoms with van der Waals surface area (Å²) in [6.45, 7) is 0. The molecular weight excluding hydrogens is 316 g/mol. The highest BCUT2D eigenvalue weighted by Crippen LogP contribution is 2.27. The van der Waals surface area contributed by atoms with E-state index in [4.69, 9.17) is 5.11 Å². The van der Waals surface area contributed by atoms with Crippen molar-refractivity contribution in [3.8, 4) is 0 Å². The lowest BCUT2D eigenvalue weighted by Crippen LogP contribution is -1.94. The van der Waals surface area contributed by atoms with Gasteiger partial charge in [-0.25, -0.2) is 9.78 Å². The normalized spacial score (nSPS) is 11.1. The van der Waals surface area contributed by atoms with Crippen LogP contribution in [0.1, 0.15) is 20.9 Å². The molecule has 1 aromatic heterocycles. The zero-order valence-electron chi connectivity index (χ0n) is 11.7. The fourth-order valence-corrected chi connectivity index (χ4v) is 2.92. The summed E-state index contributed by atoms with van der Waals surface area (Å²) in [7, 11) is 0. The molecule has 0 saturated heterocycles. The van der Waals surface area contributed by atoms with E-state index in [2.05, 4.69) is 4.98 Å². The van der Waals surface area contributed by atoms with Gasteiger partial charge < -0.3 is 5.11 Å². The number of carboxylic acid groups (broad SMARTS) is 1. The number of nitrogens with zero attached hydrogens (tertiary/aromatic N) is 2. The third-order valence-electron chi connectivity index (χ3n) is 3.18. The number of fused-ring (bicyclic) bond motifs is 1. The molecule has 23 heavy (non-hydrogen) atoms. The smallest absolute Gasteiger partial charge is 0.335 e. The molecule has 0 amide bonds. The van der Waals surface area contributed by atoms with E-state index in [0.29, 0.717) is 5.52 Å². The van der Waals surface area contributed by atoms with Crippen molar-refractivity contribution in [1.82, 2.24) is 4.98 Å². The van der Waals surface area contributed by atoms with Crippen molar-refractivity contribution in [3.63, 3.8) is 0 Å². The molecule has 3 rings (SSSR count). The van der Waals surface area contributed by atoms with Gasteiger partial charge in [-0.1, -0.05) is 18.2 Å². The van der Waals surface area contributed by atoms with Gasteiger partial charge in [0.05, 0.1) is 20.7 Å². The molecule has 0 aliphatic carbocycles. The summed E-state index contributed by atoms with van der Waals surface area (Å²) in [6, 6.07) is 11.0. The number of nitro groups is 1. The molecule has 0 saturated carbocycles. The Labute approximate surface area is 134 Å². The van der Waals surface area contributed by atoms with Crippen LogP contribution in [-0.4, -0.2) is 21.0 Å². The molecule has 0 unspecified atom stereocenters. The number of nitro benzene ring substituents is 1. The predicted octanol–water partition coefficient (Wildman–Crippen LogP) is 4.07. The van der Waals surface area contributed by atoms with Crippen molar-refractivity contribution in [3.05, 3.63) is 68.7 Å². The third kappa shape index (κ3) is 3.24. The van der Waals surface area contributed by atoms with Gasteiger partial charge in [0.15, 0.2) is 0 Å². The van der Waals surface area contributed by atoms with Gasteiger partial charge >= 0.3 is 5.97 Å². The molecule has 114 valence electrons. The lowest BCUT2D eigenvalue weighted by molar-refractivity contribution is -0.384. The number of rotatable bonds is 4. The van der Waals surface area contributed by atoms with Crippen molar-refractivity contribution in [1.29, 1.82) is 0 Å². The number of hydrogen-bond donors (Lipinski definition) is 1. The summed E-state index contributed by atoms with van der Waals surface area (Å²) in [5.41, 5.74) is 1.83. The fourth-order valence-electron chi connectivity index (χ4n) is 2.02. The maximum absolute atomic E-state index is 10.8. The molecule has 0 spiro atoms. The Morgan fingerprint density at radius 3 is 2.57 bits per heavy atom. The highest BCUT2D eigenvalue weighted by molar-refractivity contribution is 7.19. The van der Waals surface area contributed by atoms with E-state index < -0.39 is 10.9 Å². The number of carbonyl (C=O) groups is 1. The molecule has 0 radical (unpaired) electrons. The number of carboxylic acids is 1. The first-order valence-corrected chi connectivity index (χ1v) is 7.41. The van der Waals surface area contributed by atoms with Crippen LogP contribution < -0.4 is 0 Å². The van der Waals surface area contributed by atoms with E-state index in [1.54, 1.807) is 24.3 Å². The van der Waals surface area contributed by atoms with Crippen LogP contribution >= 0.6 is 11.3 Å². The van der Waals surface area contributed by atoms with Crippen LogP contribution in [0.25, 0.3) is 22.4 Å². The molecule has 0 fully saturated rings. The van der Waals surface area contributed by atoms with Gasteiger partial charge in [-0.2, -0.15) is 0 Å². The number of hydrogen-bond acceptors (Lipinski definition) is 5. The molecule has 1 N–H and O–H groups in total. The molecule has 7 heteroatoms. The quantitative estimate of drug-likeness (QED) is 0.576. The Morgan fingerprint density at radius 2 is 1.91 bits per heavy atom. The molecule has 0 atom stereocenters. The number of non-ortho nitro benzene ring substituents is 1. The molecule has 1 heterocycles. The summed E-state index contributed by atoms with van der Waals surface area (Å²) >= 11 is 1.36. The van der Waals surface area contributed by atoms with Crippen LogP contribution in [0, 0.1) is 10.1 Å². The van der Waals surface area contributed by atoms with E-state index in [0.717, 1.165) is 15.3 Å². The second-order valence-electron chi connectivity index (χ2n) is 4.72. The first-order chi connectivity index (χ1) is 11.0. The first-order valence-electron chi connectivity index (χ1n) is 6.59. The monoisotopic (exact) mass is 326 g/mol. The van der Waals surface area contributed by atoms with E-state index in [1.807, 2.05) is 6.08 Å². The average molecular weight is 326 g/mol. The first kappa shape index (κ1) is 14.9. The molecule has 3 aromatic rings. The molecular formula is C16H10N2O4S. The second-order valence-corrected chi connectivity index (χ2v) is 5.78. The van der Waals surface area contributed by atoms with E-state index in [9.17, 15) is 14.9 Å². The Hall–Kier alpha value is -3.06. The van der Waals surface area contributed by atoms with Gasteiger partial charge in [0.1, 0.15) is 5.01 Å². The summed E-state index contributed by atoms with van der Waals surface area (Å²) in [5.74, 6) is -0.965. The molecule has 0 aliphatic heterocycles. The number of aromatic nitrogens is 1. The third-order valence-corrected chi connectivity index (χ3v) is 4.16. The lowest BCUT2D eigenvalue weighted by Gasteiger charge is -1.95. The lowest BCUT2D eigenvalue weighted by atomic mass is 10.1. The van der Waals surface area contributed by atoms with Crippen LogP contribution in [0.15, 0.2) is 42.5 Å². The van der Waals surface area contributed by atoms with E-state index >= 15 is 0 Å².